The van der Waals surface area contributed by atoms with E-state index in [1.54, 1.807) is 0 Å². The summed E-state index contributed by atoms with van der Waals surface area (Å²) in [4.78, 5) is 4.78. The highest BCUT2D eigenvalue weighted by Gasteiger charge is 2.27. The summed E-state index contributed by atoms with van der Waals surface area (Å²) in [5.74, 6) is 0. The third-order valence-electron chi connectivity index (χ3n) is 16.9. The number of anilines is 6. The number of para-hydroxylation sites is 1. The van der Waals surface area contributed by atoms with E-state index in [2.05, 4.69) is 301 Å². The molecule has 0 aliphatic rings. The quantitative estimate of drug-likeness (QED) is 0.142. The van der Waals surface area contributed by atoms with Crippen LogP contribution in [0.5, 0.6) is 0 Å². The van der Waals surface area contributed by atoms with E-state index in [0.717, 1.165) is 127 Å². The molecule has 0 atom stereocenters. The smallest absolute Gasteiger partial charge is 0.160 e. The minimum absolute atomic E-state index is 0.845. The van der Waals surface area contributed by atoms with Crippen LogP contribution in [-0.4, -0.2) is 0 Å². The van der Waals surface area contributed by atoms with Crippen LogP contribution < -0.4 is 9.80 Å². The summed E-state index contributed by atoms with van der Waals surface area (Å²) in [5, 5.41) is 18.5. The molecule has 0 saturated heterocycles. The fourth-order valence-electron chi connectivity index (χ4n) is 13.2. The molecule has 0 aliphatic carbocycles. The van der Waals surface area contributed by atoms with Crippen molar-refractivity contribution in [2.24, 2.45) is 0 Å². The lowest BCUT2D eigenvalue weighted by atomic mass is 9.93. The molecule has 382 valence electrons. The lowest BCUT2D eigenvalue weighted by molar-refractivity contribution is 0.669. The fraction of sp³-hybridized carbons (Fsp3) is 0. The predicted octanol–water partition coefficient (Wildman–Crippen LogP) is 22.7. The Morgan fingerprint density at radius 2 is 0.622 bits per heavy atom. The Bertz CT molecular complexity index is 5390. The number of hydrogen-bond acceptors (Lipinski definition) is 4. The Morgan fingerprint density at radius 3 is 1.16 bits per heavy atom. The average Bonchev–Trinajstić information content (AvgIpc) is 4.36. The van der Waals surface area contributed by atoms with Gasteiger partial charge in [0.15, 0.2) is 11.2 Å². The second kappa shape index (κ2) is 18.3. The third kappa shape index (κ3) is 7.18. The zero-order chi connectivity index (χ0) is 53.8. The summed E-state index contributed by atoms with van der Waals surface area (Å²) in [6, 6.07) is 105. The molecule has 0 N–H and O–H groups in total. The lowest BCUT2D eigenvalue weighted by Gasteiger charge is -2.28. The van der Waals surface area contributed by atoms with Crippen molar-refractivity contribution in [2.45, 2.75) is 0 Å². The van der Waals surface area contributed by atoms with E-state index in [9.17, 15) is 0 Å². The Morgan fingerprint density at radius 1 is 0.220 bits per heavy atom. The van der Waals surface area contributed by atoms with E-state index in [-0.39, 0.29) is 0 Å². The Hall–Kier alpha value is -10.9. The van der Waals surface area contributed by atoms with Gasteiger partial charge in [0.2, 0.25) is 0 Å². The summed E-state index contributed by atoms with van der Waals surface area (Å²) in [6.45, 7) is 0. The number of nitrogens with zero attached hydrogens (tertiary/aromatic N) is 2. The van der Waals surface area contributed by atoms with Gasteiger partial charge in [0.25, 0.3) is 0 Å². The molecule has 0 unspecified atom stereocenters. The van der Waals surface area contributed by atoms with Crippen molar-refractivity contribution in [3.8, 4) is 22.3 Å². The van der Waals surface area contributed by atoms with Gasteiger partial charge >= 0.3 is 0 Å². The largest absolute Gasteiger partial charge is 0.454 e. The summed E-state index contributed by atoms with van der Waals surface area (Å²) in [7, 11) is 0. The molecule has 2 aromatic heterocycles. The minimum Gasteiger partial charge on any atom is -0.454 e. The number of fused-ring (bicyclic) bond motifs is 16. The monoisotopic (exact) mass is 1040 g/mol. The van der Waals surface area contributed by atoms with E-state index in [4.69, 9.17) is 8.83 Å². The van der Waals surface area contributed by atoms with Crippen molar-refractivity contribution in [3.05, 3.63) is 291 Å². The average molecular weight is 1050 g/mol. The van der Waals surface area contributed by atoms with Gasteiger partial charge in [-0.05, 0) is 160 Å². The first kappa shape index (κ1) is 46.0. The Kier molecular flexibility index (Phi) is 10.3. The van der Waals surface area contributed by atoms with Crippen LogP contribution in [-0.2, 0) is 0 Å². The van der Waals surface area contributed by atoms with Crippen molar-refractivity contribution < 1.29 is 8.83 Å². The zero-order valence-electron chi connectivity index (χ0n) is 44.4. The molecule has 0 spiro atoms. The van der Waals surface area contributed by atoms with E-state index in [1.807, 2.05) is 0 Å². The fourth-order valence-corrected chi connectivity index (χ4v) is 13.2. The summed E-state index contributed by atoms with van der Waals surface area (Å²) in [5.41, 5.74) is 14.1. The molecular weight excluding hydrogens is 997 g/mol. The molecule has 0 radical (unpaired) electrons. The van der Waals surface area contributed by atoms with Gasteiger partial charge in [-0.3, -0.25) is 0 Å². The first-order valence-corrected chi connectivity index (χ1v) is 28.1. The van der Waals surface area contributed by atoms with Gasteiger partial charge in [-0.2, -0.15) is 0 Å². The molecule has 0 bridgehead atoms. The summed E-state index contributed by atoms with van der Waals surface area (Å²) >= 11 is 0. The van der Waals surface area contributed by atoms with Crippen molar-refractivity contribution in [3.63, 3.8) is 0 Å². The zero-order valence-corrected chi connectivity index (χ0v) is 44.4. The first-order chi connectivity index (χ1) is 40.7. The molecule has 4 nitrogen and oxygen atoms in total. The first-order valence-electron chi connectivity index (χ1n) is 28.1. The maximum Gasteiger partial charge on any atom is 0.160 e. The third-order valence-corrected chi connectivity index (χ3v) is 16.9. The highest BCUT2D eigenvalue weighted by Crippen LogP contribution is 2.51. The standard InChI is InChI=1S/C78H48N2O2/c1-3-17-49(18-4-1)50-31-37-59(38-32-50)79(69-47-56-23-11-15-29-64(56)75-73-62-27-13-9-19-51(62)35-43-71(73)81-77(69)75)60-39-33-53(34-40-60)61-41-42-68(67-46-55-22-8-7-21-54(55)45-66(61)67)80(58-25-5-2-6-26-58)70-48-57-24-12-16-30-65(57)76-74-63-28-14-10-20-52(63)36-44-72(74)82-78(70)76/h1-48H. The molecule has 15 aromatic carbocycles. The van der Waals surface area contributed by atoms with E-state index in [0.29, 0.717) is 0 Å². The van der Waals surface area contributed by atoms with Gasteiger partial charge in [-0.1, -0.05) is 212 Å². The molecule has 0 saturated carbocycles. The van der Waals surface area contributed by atoms with Gasteiger partial charge in [-0.15, -0.1) is 0 Å². The van der Waals surface area contributed by atoms with Crippen molar-refractivity contribution in [2.75, 3.05) is 9.80 Å². The Labute approximate surface area is 472 Å². The van der Waals surface area contributed by atoms with Crippen molar-refractivity contribution >= 4 is 143 Å². The maximum atomic E-state index is 7.14. The number of rotatable bonds is 8. The van der Waals surface area contributed by atoms with E-state index in [1.165, 1.54) is 37.9 Å². The molecule has 17 rings (SSSR count). The molecular formula is C78H48N2O2. The van der Waals surface area contributed by atoms with Gasteiger partial charge in [0.1, 0.15) is 11.2 Å². The molecule has 82 heavy (non-hydrogen) atoms. The number of benzene rings is 15. The highest BCUT2D eigenvalue weighted by molar-refractivity contribution is 6.31. The van der Waals surface area contributed by atoms with Crippen LogP contribution in [0.3, 0.4) is 0 Å². The predicted molar refractivity (Wildman–Crippen MR) is 346 cm³/mol. The SMILES string of the molecule is c1ccc(-c2ccc(N(c3ccc(-c4ccc(N(c5ccccc5)c5cc6ccccc6c6c5oc5ccc7ccccc7c56)c5cc6ccccc6cc45)cc3)c3cc4ccccc4c4c3oc3ccc5ccccc5c34)cc2)cc1. The van der Waals surface area contributed by atoms with E-state index < -0.39 is 0 Å². The molecule has 2 heterocycles. The second-order valence-corrected chi connectivity index (χ2v) is 21.5. The summed E-state index contributed by atoms with van der Waals surface area (Å²) < 4.78 is 14.3. The van der Waals surface area contributed by atoms with Gasteiger partial charge < -0.3 is 18.6 Å². The highest BCUT2D eigenvalue weighted by atomic mass is 16.3. The maximum absolute atomic E-state index is 7.14. The van der Waals surface area contributed by atoms with Crippen LogP contribution in [0.4, 0.5) is 34.1 Å². The second-order valence-electron chi connectivity index (χ2n) is 21.5. The minimum atomic E-state index is 0.845. The van der Waals surface area contributed by atoms with Crippen LogP contribution in [0.25, 0.3) is 131 Å². The van der Waals surface area contributed by atoms with Crippen LogP contribution in [0.1, 0.15) is 0 Å². The topological polar surface area (TPSA) is 32.8 Å². The molecule has 4 heteroatoms. The van der Waals surface area contributed by atoms with Crippen LogP contribution in [0.2, 0.25) is 0 Å². The molecule has 0 amide bonds. The van der Waals surface area contributed by atoms with E-state index >= 15 is 0 Å². The summed E-state index contributed by atoms with van der Waals surface area (Å²) in [6.07, 6.45) is 0. The van der Waals surface area contributed by atoms with Gasteiger partial charge in [0.05, 0.1) is 17.1 Å². The van der Waals surface area contributed by atoms with Crippen LogP contribution in [0.15, 0.2) is 300 Å². The molecule has 0 fully saturated rings. The Balaban J connectivity index is 0.873. The molecule has 17 aromatic rings. The van der Waals surface area contributed by atoms with Crippen molar-refractivity contribution in [1.29, 1.82) is 0 Å². The van der Waals surface area contributed by atoms with Crippen LogP contribution >= 0.6 is 0 Å². The molecule has 0 aliphatic heterocycles. The van der Waals surface area contributed by atoms with Gasteiger partial charge in [0, 0.05) is 44.0 Å². The van der Waals surface area contributed by atoms with Crippen molar-refractivity contribution in [1.82, 2.24) is 0 Å². The number of hydrogen-bond donors (Lipinski definition) is 0. The number of furan rings is 2. The van der Waals surface area contributed by atoms with Gasteiger partial charge in [-0.25, -0.2) is 0 Å². The van der Waals surface area contributed by atoms with Crippen LogP contribution in [0, 0.1) is 0 Å². The normalized spacial score (nSPS) is 11.9. The lowest BCUT2D eigenvalue weighted by Crippen LogP contribution is -2.11.